The summed E-state index contributed by atoms with van der Waals surface area (Å²) in [5.74, 6) is 0.610. The van der Waals surface area contributed by atoms with Crippen molar-refractivity contribution in [3.8, 4) is 0 Å². The zero-order valence-corrected chi connectivity index (χ0v) is 9.82. The minimum absolute atomic E-state index is 0.128. The van der Waals surface area contributed by atoms with E-state index in [9.17, 15) is 4.79 Å². The van der Waals surface area contributed by atoms with Crippen molar-refractivity contribution in [1.82, 2.24) is 14.9 Å². The van der Waals surface area contributed by atoms with Crippen LogP contribution in [0.5, 0.6) is 0 Å². The fourth-order valence-electron chi connectivity index (χ4n) is 2.06. The van der Waals surface area contributed by atoms with Crippen molar-refractivity contribution >= 4 is 23.0 Å². The number of imidazole rings is 1. The van der Waals surface area contributed by atoms with Crippen LogP contribution in [-0.2, 0) is 0 Å². The molecule has 1 atom stereocenters. The largest absolute Gasteiger partial charge is 0.333 e. The zero-order chi connectivity index (χ0) is 12.0. The summed E-state index contributed by atoms with van der Waals surface area (Å²) in [4.78, 5) is 16.5. The van der Waals surface area contributed by atoms with Gasteiger partial charge in [0.2, 0.25) is 5.95 Å². The molecule has 0 saturated carbocycles. The van der Waals surface area contributed by atoms with E-state index in [1.54, 1.807) is 4.57 Å². The molecule has 0 saturated heterocycles. The lowest BCUT2D eigenvalue weighted by Crippen LogP contribution is -2.57. The number of nitrogens with one attached hydrogen (secondary N) is 2. The van der Waals surface area contributed by atoms with Gasteiger partial charge >= 0.3 is 6.03 Å². The van der Waals surface area contributed by atoms with E-state index in [2.05, 4.69) is 15.6 Å². The molecule has 1 unspecified atom stereocenters. The number of para-hydroxylation sites is 2. The number of aromatic nitrogens is 2. The molecule has 5 nitrogen and oxygen atoms in total. The number of hydrogen-bond donors (Lipinski definition) is 2. The molecule has 1 aromatic heterocycles. The molecule has 3 rings (SSSR count). The second-order valence-electron chi connectivity index (χ2n) is 4.50. The molecule has 17 heavy (non-hydrogen) atoms. The Balaban J connectivity index is 2.22. The van der Waals surface area contributed by atoms with Gasteiger partial charge in [-0.15, -0.1) is 0 Å². The summed E-state index contributed by atoms with van der Waals surface area (Å²) < 4.78 is 1.58. The van der Waals surface area contributed by atoms with Gasteiger partial charge < -0.3 is 10.6 Å². The molecule has 1 aliphatic rings. The van der Waals surface area contributed by atoms with Crippen LogP contribution in [0.3, 0.4) is 0 Å². The van der Waals surface area contributed by atoms with Gasteiger partial charge in [0.05, 0.1) is 11.0 Å². The Hall–Kier alpha value is -2.04. The van der Waals surface area contributed by atoms with Crippen LogP contribution in [0.25, 0.3) is 11.0 Å². The first-order valence-corrected chi connectivity index (χ1v) is 5.71. The van der Waals surface area contributed by atoms with Crippen molar-refractivity contribution in [2.75, 3.05) is 5.32 Å². The second kappa shape index (κ2) is 3.23. The van der Waals surface area contributed by atoms with Gasteiger partial charge in [0.1, 0.15) is 5.66 Å². The first-order chi connectivity index (χ1) is 8.13. The van der Waals surface area contributed by atoms with Crippen LogP contribution in [0.1, 0.15) is 20.3 Å². The zero-order valence-electron chi connectivity index (χ0n) is 9.82. The van der Waals surface area contributed by atoms with E-state index >= 15 is 0 Å². The van der Waals surface area contributed by atoms with Crippen molar-refractivity contribution < 1.29 is 4.79 Å². The lowest BCUT2D eigenvalue weighted by molar-refractivity contribution is 0.228. The molecule has 0 bridgehead atoms. The van der Waals surface area contributed by atoms with Gasteiger partial charge in [-0.25, -0.2) is 14.3 Å². The first kappa shape index (κ1) is 10.1. The highest BCUT2D eigenvalue weighted by molar-refractivity contribution is 5.94. The van der Waals surface area contributed by atoms with Gasteiger partial charge in [0.25, 0.3) is 0 Å². The van der Waals surface area contributed by atoms with Crippen molar-refractivity contribution in [3.63, 3.8) is 0 Å². The molecule has 5 heteroatoms. The summed E-state index contributed by atoms with van der Waals surface area (Å²) in [7, 11) is 0. The van der Waals surface area contributed by atoms with Gasteiger partial charge in [0, 0.05) is 0 Å². The number of fused-ring (bicyclic) bond motifs is 3. The SMILES string of the molecule is CCC1(C)NC(=O)n2c(nc3ccccc32)N1. The molecule has 2 aromatic rings. The van der Waals surface area contributed by atoms with Gasteiger partial charge in [-0.1, -0.05) is 19.1 Å². The quantitative estimate of drug-likeness (QED) is 0.789. The third-order valence-corrected chi connectivity index (χ3v) is 3.24. The Labute approximate surface area is 98.8 Å². The number of hydrogen-bond acceptors (Lipinski definition) is 3. The van der Waals surface area contributed by atoms with E-state index in [1.807, 2.05) is 38.1 Å². The van der Waals surface area contributed by atoms with Crippen LogP contribution in [0.2, 0.25) is 0 Å². The molecule has 1 aliphatic heterocycles. The van der Waals surface area contributed by atoms with Crippen molar-refractivity contribution in [2.24, 2.45) is 0 Å². The molecular weight excluding hydrogens is 216 g/mol. The van der Waals surface area contributed by atoms with E-state index in [-0.39, 0.29) is 6.03 Å². The normalized spacial score (nSPS) is 23.1. The molecule has 1 aromatic carbocycles. The van der Waals surface area contributed by atoms with Gasteiger partial charge in [-0.3, -0.25) is 0 Å². The highest BCUT2D eigenvalue weighted by Gasteiger charge is 2.33. The molecule has 2 heterocycles. The first-order valence-electron chi connectivity index (χ1n) is 5.71. The number of amides is 1. The summed E-state index contributed by atoms with van der Waals surface area (Å²) in [6.45, 7) is 3.97. The molecule has 0 radical (unpaired) electrons. The number of carbonyl (C=O) groups excluding carboxylic acids is 1. The monoisotopic (exact) mass is 230 g/mol. The molecule has 2 N–H and O–H groups in total. The van der Waals surface area contributed by atoms with E-state index in [0.29, 0.717) is 5.95 Å². The van der Waals surface area contributed by atoms with Crippen LogP contribution in [0, 0.1) is 0 Å². The molecule has 0 spiro atoms. The van der Waals surface area contributed by atoms with E-state index < -0.39 is 5.66 Å². The van der Waals surface area contributed by atoms with Crippen LogP contribution < -0.4 is 10.6 Å². The summed E-state index contributed by atoms with van der Waals surface area (Å²) in [6, 6.07) is 7.48. The minimum atomic E-state index is -0.422. The maximum absolute atomic E-state index is 12.1. The highest BCUT2D eigenvalue weighted by Crippen LogP contribution is 2.25. The van der Waals surface area contributed by atoms with Crippen molar-refractivity contribution in [3.05, 3.63) is 24.3 Å². The predicted molar refractivity (Wildman–Crippen MR) is 66.0 cm³/mol. The third kappa shape index (κ3) is 1.39. The van der Waals surface area contributed by atoms with Crippen molar-refractivity contribution in [1.29, 1.82) is 0 Å². The molecule has 0 aliphatic carbocycles. The van der Waals surface area contributed by atoms with E-state index in [1.165, 1.54) is 0 Å². The predicted octanol–water partition coefficient (Wildman–Crippen LogP) is 2.15. The summed E-state index contributed by atoms with van der Waals surface area (Å²) in [5, 5.41) is 6.21. The highest BCUT2D eigenvalue weighted by atomic mass is 16.2. The smallest absolute Gasteiger partial charge is 0.330 e. The van der Waals surface area contributed by atoms with Gasteiger partial charge in [0.15, 0.2) is 0 Å². The molecule has 0 fully saturated rings. The standard InChI is InChI=1S/C12H14N4O/c1-3-12(2)14-10-13-8-6-4-5-7-9(8)16(10)11(17)15-12/h4-7H,3H2,1-2H3,(H,13,14)(H,15,17). The maximum atomic E-state index is 12.1. The molecular formula is C12H14N4O. The summed E-state index contributed by atoms with van der Waals surface area (Å²) in [5.41, 5.74) is 1.23. The Bertz CT molecular complexity index is 604. The second-order valence-corrected chi connectivity index (χ2v) is 4.50. The van der Waals surface area contributed by atoms with Crippen LogP contribution in [-0.4, -0.2) is 21.2 Å². The Morgan fingerprint density at radius 3 is 2.88 bits per heavy atom. The van der Waals surface area contributed by atoms with Crippen molar-refractivity contribution in [2.45, 2.75) is 25.9 Å². The Kier molecular flexibility index (Phi) is 1.92. The van der Waals surface area contributed by atoms with E-state index in [0.717, 1.165) is 17.5 Å². The van der Waals surface area contributed by atoms with Crippen LogP contribution in [0.4, 0.5) is 10.7 Å². The van der Waals surface area contributed by atoms with E-state index in [4.69, 9.17) is 0 Å². The summed E-state index contributed by atoms with van der Waals surface area (Å²) in [6.07, 6.45) is 0.794. The number of rotatable bonds is 1. The average molecular weight is 230 g/mol. The number of benzene rings is 1. The lowest BCUT2D eigenvalue weighted by Gasteiger charge is -2.35. The van der Waals surface area contributed by atoms with Gasteiger partial charge in [-0.05, 0) is 25.5 Å². The fraction of sp³-hybridized carbons (Fsp3) is 0.333. The summed E-state index contributed by atoms with van der Waals surface area (Å²) >= 11 is 0. The van der Waals surface area contributed by atoms with Crippen LogP contribution >= 0.6 is 0 Å². The maximum Gasteiger partial charge on any atom is 0.330 e. The van der Waals surface area contributed by atoms with Gasteiger partial charge in [-0.2, -0.15) is 0 Å². The lowest BCUT2D eigenvalue weighted by atomic mass is 10.1. The number of anilines is 1. The number of carbonyl (C=O) groups is 1. The molecule has 1 amide bonds. The minimum Gasteiger partial charge on any atom is -0.333 e. The third-order valence-electron chi connectivity index (χ3n) is 3.24. The van der Waals surface area contributed by atoms with Crippen LogP contribution in [0.15, 0.2) is 24.3 Å². The topological polar surface area (TPSA) is 59.0 Å². The Morgan fingerprint density at radius 2 is 2.12 bits per heavy atom. The number of nitrogens with zero attached hydrogens (tertiary/aromatic N) is 2. The molecule has 88 valence electrons. The Morgan fingerprint density at radius 1 is 1.35 bits per heavy atom. The average Bonchev–Trinajstić information content (AvgIpc) is 2.66. The fourth-order valence-corrected chi connectivity index (χ4v) is 2.06.